The second-order valence-electron chi connectivity index (χ2n) is 7.79. The fraction of sp³-hybridized carbons (Fsp3) is 1.00. The van der Waals surface area contributed by atoms with Gasteiger partial charge in [0.1, 0.15) is 0 Å². The lowest BCUT2D eigenvalue weighted by atomic mass is 9.86. The molecule has 2 unspecified atom stereocenters. The maximum Gasteiger partial charge on any atom is 0.0770 e. The van der Waals surface area contributed by atoms with E-state index >= 15 is 0 Å². The molecule has 9 heteroatoms. The monoisotopic (exact) mass is 428 g/mol. The maximum absolute atomic E-state index is 9.24. The van der Waals surface area contributed by atoms with Gasteiger partial charge in [0.2, 0.25) is 0 Å². The zero-order chi connectivity index (χ0) is 22.8. The van der Waals surface area contributed by atoms with Gasteiger partial charge < -0.3 is 45.6 Å². The Morgan fingerprint density at radius 3 is 1.14 bits per heavy atom. The van der Waals surface area contributed by atoms with Crippen LogP contribution in [0.25, 0.3) is 0 Å². The van der Waals surface area contributed by atoms with Crippen molar-refractivity contribution in [3.05, 3.63) is 0 Å². The van der Waals surface area contributed by atoms with Crippen molar-refractivity contribution in [2.24, 2.45) is 10.8 Å². The Balaban J connectivity index is 0. The number of aliphatic hydroxyl groups excluding tert-OH is 8. The van der Waals surface area contributed by atoms with E-state index in [1.54, 1.807) is 0 Å². The van der Waals surface area contributed by atoms with Crippen LogP contribution in [0.4, 0.5) is 0 Å². The molecule has 0 fully saturated rings. The molecular weight excluding hydrogens is 384 g/mol. The Labute approximate surface area is 174 Å². The third-order valence-electron chi connectivity index (χ3n) is 5.40. The largest absolute Gasteiger partial charge is 0.396 e. The molecule has 0 rings (SSSR count). The van der Waals surface area contributed by atoms with Crippen molar-refractivity contribution in [3.63, 3.8) is 0 Å². The molecule has 0 radical (unpaired) electrons. The molecule has 0 amide bonds. The van der Waals surface area contributed by atoms with Gasteiger partial charge in [-0.1, -0.05) is 26.7 Å². The lowest BCUT2D eigenvalue weighted by molar-refractivity contribution is -0.0781. The van der Waals surface area contributed by atoms with Gasteiger partial charge in [0.15, 0.2) is 0 Å². The van der Waals surface area contributed by atoms with E-state index in [4.69, 9.17) is 25.2 Å². The molecule has 29 heavy (non-hydrogen) atoms. The molecule has 0 aliphatic carbocycles. The molecular formula is C20H44O9. The quantitative estimate of drug-likeness (QED) is 0.136. The Morgan fingerprint density at radius 2 is 0.931 bits per heavy atom. The molecule has 0 aromatic heterocycles. The van der Waals surface area contributed by atoms with Gasteiger partial charge in [-0.15, -0.1) is 0 Å². The highest BCUT2D eigenvalue weighted by atomic mass is 16.5. The highest BCUT2D eigenvalue weighted by molar-refractivity contribution is 4.79. The molecule has 0 spiro atoms. The van der Waals surface area contributed by atoms with Crippen LogP contribution in [0, 0.1) is 10.8 Å². The molecule has 2 atom stereocenters. The molecule has 8 N–H and O–H groups in total. The Hall–Kier alpha value is -0.360. The first kappa shape index (κ1) is 30.8. The van der Waals surface area contributed by atoms with Crippen LogP contribution in [0.5, 0.6) is 0 Å². The van der Waals surface area contributed by atoms with Crippen molar-refractivity contribution in [2.45, 2.75) is 64.6 Å². The summed E-state index contributed by atoms with van der Waals surface area (Å²) in [5, 5.41) is 71.7. The lowest BCUT2D eigenvalue weighted by Gasteiger charge is -2.32. The summed E-state index contributed by atoms with van der Waals surface area (Å²) in [4.78, 5) is 0. The van der Waals surface area contributed by atoms with Gasteiger partial charge in [0.25, 0.3) is 0 Å². The summed E-state index contributed by atoms with van der Waals surface area (Å²) in [6.45, 7) is 3.22. The Bertz CT molecular complexity index is 298. The van der Waals surface area contributed by atoms with E-state index in [2.05, 4.69) is 0 Å². The topological polar surface area (TPSA) is 171 Å². The highest BCUT2D eigenvalue weighted by Gasteiger charge is 2.31. The molecule has 0 aliphatic rings. The first-order valence-corrected chi connectivity index (χ1v) is 10.4. The lowest BCUT2D eigenvalue weighted by Crippen LogP contribution is -2.39. The minimum atomic E-state index is -0.642. The smallest absolute Gasteiger partial charge is 0.0770 e. The van der Waals surface area contributed by atoms with Crippen LogP contribution in [-0.2, 0) is 4.74 Å². The van der Waals surface area contributed by atoms with Crippen LogP contribution in [-0.4, -0.2) is 106 Å². The molecule has 0 bridgehead atoms. The van der Waals surface area contributed by atoms with Gasteiger partial charge in [-0.05, 0) is 25.7 Å². The third kappa shape index (κ3) is 13.5. The van der Waals surface area contributed by atoms with E-state index in [1.807, 2.05) is 13.8 Å². The van der Waals surface area contributed by atoms with Gasteiger partial charge in [-0.25, -0.2) is 0 Å². The number of hydrogen-bond donors (Lipinski definition) is 8. The van der Waals surface area contributed by atoms with E-state index in [9.17, 15) is 20.4 Å². The van der Waals surface area contributed by atoms with Crippen molar-refractivity contribution >= 4 is 0 Å². The zero-order valence-electron chi connectivity index (χ0n) is 18.0. The van der Waals surface area contributed by atoms with Crippen molar-refractivity contribution in [1.29, 1.82) is 0 Å². The van der Waals surface area contributed by atoms with Crippen molar-refractivity contribution in [1.82, 2.24) is 0 Å². The van der Waals surface area contributed by atoms with E-state index in [0.29, 0.717) is 25.7 Å². The summed E-state index contributed by atoms with van der Waals surface area (Å²) in [6, 6.07) is 0. The van der Waals surface area contributed by atoms with Gasteiger partial charge in [0, 0.05) is 10.8 Å². The molecule has 9 nitrogen and oxygen atoms in total. The minimum Gasteiger partial charge on any atom is -0.396 e. The highest BCUT2D eigenvalue weighted by Crippen LogP contribution is 2.25. The molecule has 178 valence electrons. The van der Waals surface area contributed by atoms with Crippen LogP contribution in [0.3, 0.4) is 0 Å². The predicted octanol–water partition coefficient (Wildman–Crippen LogP) is -0.982. The second-order valence-corrected chi connectivity index (χ2v) is 7.79. The summed E-state index contributed by atoms with van der Waals surface area (Å²) < 4.78 is 5.47. The number of hydrogen-bond acceptors (Lipinski definition) is 9. The van der Waals surface area contributed by atoms with E-state index in [1.165, 1.54) is 0 Å². The number of rotatable bonds is 17. The van der Waals surface area contributed by atoms with Crippen molar-refractivity contribution in [2.75, 3.05) is 52.9 Å². The van der Waals surface area contributed by atoms with Crippen LogP contribution < -0.4 is 0 Å². The van der Waals surface area contributed by atoms with Gasteiger partial charge >= 0.3 is 0 Å². The minimum absolute atomic E-state index is 0.141. The van der Waals surface area contributed by atoms with Crippen LogP contribution in [0.15, 0.2) is 0 Å². The van der Waals surface area contributed by atoms with E-state index in [-0.39, 0.29) is 52.9 Å². The summed E-state index contributed by atoms with van der Waals surface area (Å²) in [6.07, 6.45) is 2.56. The van der Waals surface area contributed by atoms with Gasteiger partial charge in [-0.3, -0.25) is 0 Å². The molecule has 0 aliphatic heterocycles. The summed E-state index contributed by atoms with van der Waals surface area (Å²) in [7, 11) is 0. The zero-order valence-corrected chi connectivity index (χ0v) is 18.0. The van der Waals surface area contributed by atoms with Gasteiger partial charge in [-0.2, -0.15) is 0 Å². The van der Waals surface area contributed by atoms with Crippen molar-refractivity contribution < 1.29 is 45.6 Å². The fourth-order valence-electron chi connectivity index (χ4n) is 2.36. The number of aliphatic hydroxyl groups is 8. The number of ether oxygens (including phenoxy) is 1. The maximum atomic E-state index is 9.24. The van der Waals surface area contributed by atoms with Crippen molar-refractivity contribution in [3.8, 4) is 0 Å². The predicted molar refractivity (Wildman–Crippen MR) is 109 cm³/mol. The third-order valence-corrected chi connectivity index (χ3v) is 5.40. The molecule has 0 saturated heterocycles. The standard InChI is InChI=1S/C12H26O5.C8H18O4/c1-3-11(5-13,6-14)9-17-10-12(4-2,7-15)8-16;9-5-7(11)3-1-2-4-8(12)6-10/h13-16H,3-10H2,1-2H3;7-12H,1-6H2. The first-order valence-electron chi connectivity index (χ1n) is 10.4. The summed E-state index contributed by atoms with van der Waals surface area (Å²) >= 11 is 0. The van der Waals surface area contributed by atoms with Crippen LogP contribution >= 0.6 is 0 Å². The SMILES string of the molecule is CCC(CO)(CO)COCC(CC)(CO)CO.OCC(O)CCCCC(O)CO. The Morgan fingerprint density at radius 1 is 0.621 bits per heavy atom. The van der Waals surface area contributed by atoms with E-state index < -0.39 is 23.0 Å². The average Bonchev–Trinajstić information content (AvgIpc) is 2.78. The molecule has 0 aromatic rings. The Kier molecular flexibility index (Phi) is 19.6. The van der Waals surface area contributed by atoms with Crippen LogP contribution in [0.1, 0.15) is 52.4 Å². The normalized spacial score (nSPS) is 14.3. The average molecular weight is 429 g/mol. The molecule has 0 aromatic carbocycles. The summed E-state index contributed by atoms with van der Waals surface area (Å²) in [5.74, 6) is 0. The molecule has 0 saturated carbocycles. The molecule has 0 heterocycles. The second kappa shape index (κ2) is 18.4. The summed E-state index contributed by atoms with van der Waals surface area (Å²) in [5.41, 5.74) is -1.27. The van der Waals surface area contributed by atoms with Gasteiger partial charge in [0.05, 0.1) is 65.1 Å². The first-order chi connectivity index (χ1) is 13.8. The number of unbranched alkanes of at least 4 members (excludes halogenated alkanes) is 1. The van der Waals surface area contributed by atoms with E-state index in [0.717, 1.165) is 12.8 Å². The van der Waals surface area contributed by atoms with Crippen LogP contribution in [0.2, 0.25) is 0 Å². The fourth-order valence-corrected chi connectivity index (χ4v) is 2.36.